The van der Waals surface area contributed by atoms with Gasteiger partial charge in [-0.1, -0.05) is 65.8 Å². The minimum atomic E-state index is -1.80. The molecular formula is C60H90N14O20. The van der Waals surface area contributed by atoms with Gasteiger partial charge < -0.3 is 101 Å². The SMILES string of the molecule is CC(C)C[C@H](NC(=O)[C@H](C)NC(=O)[C@H](CC(N)=O)NC(=O)[C@H](Cc1ccc(O)cc1)NC(=O)[C@@H](NC(=O)[C@@H](N)CO)C(C)C)C(=O)N[C@@H](Cc1ccc(O)cc1)C(=O)N[C@@H](CC(C)C)C(=O)N[C@@H](CC(N)=O)C(=O)N[C@@H](C)C(=O)N[C@@H](C)C(=O)N[C@@H](CCC(=O)O)C(=O)O. The number of aliphatic hydroxyl groups is 1. The number of nitrogens with two attached hydrogens (primary N) is 3. The van der Waals surface area contributed by atoms with Gasteiger partial charge in [-0.3, -0.25) is 67.1 Å². The third-order valence-corrected chi connectivity index (χ3v) is 14.1. The van der Waals surface area contributed by atoms with Crippen molar-refractivity contribution in [2.45, 2.75) is 186 Å². The van der Waals surface area contributed by atoms with E-state index >= 15 is 0 Å². The molecular weight excluding hydrogens is 1240 g/mol. The molecule has 0 spiro atoms. The number of carbonyl (C=O) groups excluding carboxylic acids is 13. The lowest BCUT2D eigenvalue weighted by Crippen LogP contribution is -2.61. The first-order valence-electron chi connectivity index (χ1n) is 30.1. The highest BCUT2D eigenvalue weighted by Crippen LogP contribution is 2.16. The second-order valence-corrected chi connectivity index (χ2v) is 23.8. The maximum Gasteiger partial charge on any atom is 0.326 e. The second kappa shape index (κ2) is 38.8. The lowest BCUT2D eigenvalue weighted by atomic mass is 9.99. The van der Waals surface area contributed by atoms with E-state index in [1.807, 2.05) is 0 Å². The van der Waals surface area contributed by atoms with Gasteiger partial charge in [0.15, 0.2) is 0 Å². The molecule has 2 aromatic rings. The Morgan fingerprint density at radius 1 is 0.394 bits per heavy atom. The summed E-state index contributed by atoms with van der Waals surface area (Å²) in [5.74, 6) is -17.7. The number of aliphatic hydroxyl groups excluding tert-OH is 1. The van der Waals surface area contributed by atoms with E-state index in [9.17, 15) is 92.3 Å². The Hall–Kier alpha value is -9.99. The Morgan fingerprint density at radius 3 is 1.04 bits per heavy atom. The first-order valence-corrected chi connectivity index (χ1v) is 30.1. The van der Waals surface area contributed by atoms with E-state index in [4.69, 9.17) is 22.3 Å². The fraction of sp³-hybridized carbons (Fsp3) is 0.550. The van der Waals surface area contributed by atoms with Crippen molar-refractivity contribution in [2.24, 2.45) is 35.0 Å². The molecule has 520 valence electrons. The van der Waals surface area contributed by atoms with Crippen LogP contribution in [0.2, 0.25) is 0 Å². The number of carbonyl (C=O) groups is 15. The average Bonchev–Trinajstić information content (AvgIpc) is 0.895. The monoisotopic (exact) mass is 1330 g/mol. The molecule has 0 radical (unpaired) electrons. The lowest BCUT2D eigenvalue weighted by Gasteiger charge is -2.28. The number of nitrogens with one attached hydrogen (secondary N) is 11. The maximum absolute atomic E-state index is 14.5. The summed E-state index contributed by atoms with van der Waals surface area (Å²) in [6.45, 7) is 12.7. The Labute approximate surface area is 541 Å². The predicted octanol–water partition coefficient (Wildman–Crippen LogP) is -4.96. The van der Waals surface area contributed by atoms with E-state index in [2.05, 4.69) is 58.5 Å². The number of phenols is 2. The summed E-state index contributed by atoms with van der Waals surface area (Å²) in [4.78, 5) is 198. The van der Waals surface area contributed by atoms with Crippen molar-refractivity contribution in [1.29, 1.82) is 0 Å². The van der Waals surface area contributed by atoms with Crippen LogP contribution in [0.25, 0.3) is 0 Å². The molecule has 0 aliphatic rings. The summed E-state index contributed by atoms with van der Waals surface area (Å²) in [5.41, 5.74) is 17.3. The van der Waals surface area contributed by atoms with Crippen LogP contribution >= 0.6 is 0 Å². The van der Waals surface area contributed by atoms with Crippen LogP contribution < -0.4 is 75.7 Å². The summed E-state index contributed by atoms with van der Waals surface area (Å²) in [7, 11) is 0. The number of primary amides is 2. The summed E-state index contributed by atoms with van der Waals surface area (Å²) in [6, 6.07) is -7.48. The van der Waals surface area contributed by atoms with E-state index < -0.39 is 199 Å². The first-order chi connectivity index (χ1) is 43.8. The molecule has 2 rings (SSSR count). The zero-order chi connectivity index (χ0) is 71.4. The molecule has 34 nitrogen and oxygen atoms in total. The van der Waals surface area contributed by atoms with Gasteiger partial charge in [0.1, 0.15) is 84.0 Å². The molecule has 0 aliphatic carbocycles. The van der Waals surface area contributed by atoms with Gasteiger partial charge in [-0.25, -0.2) is 4.79 Å². The molecule has 13 amide bonds. The Kier molecular flexibility index (Phi) is 33.0. The van der Waals surface area contributed by atoms with Crippen LogP contribution in [0.5, 0.6) is 11.5 Å². The van der Waals surface area contributed by atoms with Gasteiger partial charge in [0.05, 0.1) is 19.4 Å². The number of aliphatic carboxylic acids is 2. The summed E-state index contributed by atoms with van der Waals surface area (Å²) < 4.78 is 0. The van der Waals surface area contributed by atoms with Crippen LogP contribution in [-0.2, 0) is 84.8 Å². The number of hydrogen-bond donors (Lipinski definition) is 19. The van der Waals surface area contributed by atoms with Gasteiger partial charge in [0.2, 0.25) is 76.8 Å². The van der Waals surface area contributed by atoms with E-state index in [1.165, 1.54) is 69.3 Å². The maximum atomic E-state index is 14.5. The van der Waals surface area contributed by atoms with Gasteiger partial charge in [-0.15, -0.1) is 0 Å². The Bertz CT molecular complexity index is 3020. The van der Waals surface area contributed by atoms with E-state index in [0.29, 0.717) is 11.1 Å². The fourth-order valence-corrected chi connectivity index (χ4v) is 8.89. The number of carboxylic acid groups (broad SMARTS) is 2. The molecule has 0 fully saturated rings. The molecule has 0 heterocycles. The van der Waals surface area contributed by atoms with Crippen LogP contribution in [-0.4, -0.2) is 193 Å². The Balaban J connectivity index is 2.43. The number of aromatic hydroxyl groups is 2. The molecule has 0 unspecified atom stereocenters. The minimum absolute atomic E-state index is 0.0877. The summed E-state index contributed by atoms with van der Waals surface area (Å²) >= 11 is 0. The molecule has 94 heavy (non-hydrogen) atoms. The van der Waals surface area contributed by atoms with E-state index in [1.54, 1.807) is 41.5 Å². The van der Waals surface area contributed by atoms with Gasteiger partial charge in [0.25, 0.3) is 0 Å². The molecule has 0 aromatic heterocycles. The van der Waals surface area contributed by atoms with Gasteiger partial charge in [-0.2, -0.15) is 0 Å². The smallest absolute Gasteiger partial charge is 0.326 e. The van der Waals surface area contributed by atoms with Crippen molar-refractivity contribution < 1.29 is 97.5 Å². The van der Waals surface area contributed by atoms with Gasteiger partial charge >= 0.3 is 11.9 Å². The number of amides is 13. The lowest BCUT2D eigenvalue weighted by molar-refractivity contribution is -0.143. The highest BCUT2D eigenvalue weighted by atomic mass is 16.4. The van der Waals surface area contributed by atoms with Crippen LogP contribution in [0.4, 0.5) is 0 Å². The number of carboxylic acids is 2. The molecule has 0 bridgehead atoms. The average molecular weight is 1330 g/mol. The fourth-order valence-electron chi connectivity index (χ4n) is 8.89. The van der Waals surface area contributed by atoms with Gasteiger partial charge in [0, 0.05) is 19.3 Å². The van der Waals surface area contributed by atoms with Crippen molar-refractivity contribution >= 4 is 88.7 Å². The number of phenolic OH excluding ortho intramolecular Hbond substituents is 2. The Morgan fingerprint density at radius 2 is 0.702 bits per heavy atom. The molecule has 34 heteroatoms. The standard InChI is InChI=1S/C60H90N14O20/c1-27(2)20-39(68-51(84)32(9)66-54(87)44(25-46(63)79)72-58(91)42(23-34-12-16-36(77)17-13-34)73-59(92)48(29(5)6)74-52(85)37(61)26-75)55(88)70-41(22-33-10-14-35(76)15-11-33)57(90)69-40(21-28(3)4)56(89)71-43(24-45(62)78)53(86)65-30(7)49(82)64-31(8)50(83)67-38(60(93)94)18-19-47(80)81/h10-17,27-32,37-44,48,75-77H,18-26,61H2,1-9H3,(H2,62,78)(H2,63,79)(H,64,82)(H,65,86)(H,66,87)(H,67,83)(H,68,84)(H,69,90)(H,70,88)(H,71,89)(H,72,91)(H,73,92)(H,74,85)(H,80,81)(H,93,94)/t30-,31-,32-,37-,38-,39-,40-,41-,42-,43-,44-,48-/m0/s1. The topological polar surface area (TPSA) is 568 Å². The van der Waals surface area contributed by atoms with Crippen molar-refractivity contribution in [3.63, 3.8) is 0 Å². The highest BCUT2D eigenvalue weighted by Gasteiger charge is 2.37. The third kappa shape index (κ3) is 28.7. The number of rotatable bonds is 40. The zero-order valence-corrected chi connectivity index (χ0v) is 53.7. The highest BCUT2D eigenvalue weighted by molar-refractivity contribution is 6.00. The molecule has 22 N–H and O–H groups in total. The van der Waals surface area contributed by atoms with Crippen LogP contribution in [0, 0.1) is 17.8 Å². The van der Waals surface area contributed by atoms with E-state index in [0.717, 1.165) is 0 Å². The first kappa shape index (κ1) is 80.1. The number of benzene rings is 2. The molecule has 2 aromatic carbocycles. The second-order valence-electron chi connectivity index (χ2n) is 23.8. The number of hydrogen-bond acceptors (Lipinski definition) is 19. The molecule has 0 saturated carbocycles. The normalized spacial score (nSPS) is 15.0. The zero-order valence-electron chi connectivity index (χ0n) is 53.7. The van der Waals surface area contributed by atoms with Crippen LogP contribution in [0.1, 0.15) is 112 Å². The van der Waals surface area contributed by atoms with Crippen molar-refractivity contribution in [3.8, 4) is 11.5 Å². The van der Waals surface area contributed by atoms with E-state index in [-0.39, 0.29) is 49.0 Å². The van der Waals surface area contributed by atoms with Crippen LogP contribution in [0.15, 0.2) is 48.5 Å². The van der Waals surface area contributed by atoms with Crippen molar-refractivity contribution in [1.82, 2.24) is 58.5 Å². The third-order valence-electron chi connectivity index (χ3n) is 14.1. The summed E-state index contributed by atoms with van der Waals surface area (Å²) in [5, 5.41) is 74.1. The summed E-state index contributed by atoms with van der Waals surface area (Å²) in [6.07, 6.45) is -3.54. The minimum Gasteiger partial charge on any atom is -0.508 e. The molecule has 0 saturated heterocycles. The molecule has 12 atom stereocenters. The van der Waals surface area contributed by atoms with Crippen LogP contribution in [0.3, 0.4) is 0 Å². The van der Waals surface area contributed by atoms with Gasteiger partial charge in [-0.05, 0) is 93.2 Å². The molecule has 0 aliphatic heterocycles. The predicted molar refractivity (Wildman–Crippen MR) is 333 cm³/mol. The largest absolute Gasteiger partial charge is 0.508 e. The van der Waals surface area contributed by atoms with Crippen molar-refractivity contribution in [2.75, 3.05) is 6.61 Å². The quantitative estimate of drug-likeness (QED) is 0.0297. The van der Waals surface area contributed by atoms with Crippen molar-refractivity contribution in [3.05, 3.63) is 59.7 Å².